The first-order valence-corrected chi connectivity index (χ1v) is 9.00. The predicted molar refractivity (Wildman–Crippen MR) is 108 cm³/mol. The Labute approximate surface area is 159 Å². The van der Waals surface area contributed by atoms with Gasteiger partial charge in [-0.2, -0.15) is 5.26 Å². The van der Waals surface area contributed by atoms with Crippen molar-refractivity contribution in [2.45, 2.75) is 33.7 Å². The summed E-state index contributed by atoms with van der Waals surface area (Å²) in [5.41, 5.74) is 5.58. The molecule has 1 aliphatic carbocycles. The highest BCUT2D eigenvalue weighted by molar-refractivity contribution is 6.23. The second-order valence-electron chi connectivity index (χ2n) is 6.61. The molecule has 0 fully saturated rings. The van der Waals surface area contributed by atoms with Crippen LogP contribution in [0.3, 0.4) is 0 Å². The molecule has 1 aliphatic rings. The molecule has 27 heavy (non-hydrogen) atoms. The smallest absolute Gasteiger partial charge is 0.204 e. The molecule has 5 nitrogen and oxygen atoms in total. The van der Waals surface area contributed by atoms with E-state index in [1.807, 2.05) is 62.9 Å². The van der Waals surface area contributed by atoms with Gasteiger partial charge in [-0.3, -0.25) is 4.79 Å². The molecular formula is C22H22N4O. The number of rotatable bonds is 4. The Kier molecular flexibility index (Phi) is 5.18. The zero-order valence-corrected chi connectivity index (χ0v) is 16.0. The maximum absolute atomic E-state index is 12.1. The molecule has 1 aromatic carbocycles. The van der Waals surface area contributed by atoms with E-state index in [0.717, 1.165) is 40.5 Å². The Hall–Kier alpha value is -3.26. The Morgan fingerprint density at radius 1 is 1.22 bits per heavy atom. The maximum Gasteiger partial charge on any atom is 0.204 e. The van der Waals surface area contributed by atoms with Crippen LogP contribution >= 0.6 is 0 Å². The summed E-state index contributed by atoms with van der Waals surface area (Å²) in [6, 6.07) is 11.9. The molecule has 0 radical (unpaired) electrons. The van der Waals surface area contributed by atoms with Crippen LogP contribution in [0, 0.1) is 25.2 Å². The lowest BCUT2D eigenvalue weighted by Crippen LogP contribution is -2.31. The third-order valence-corrected chi connectivity index (χ3v) is 4.68. The summed E-state index contributed by atoms with van der Waals surface area (Å²) in [6.07, 6.45) is 3.26. The third kappa shape index (κ3) is 3.65. The van der Waals surface area contributed by atoms with Gasteiger partial charge in [-0.05, 0) is 75.7 Å². The van der Waals surface area contributed by atoms with Crippen molar-refractivity contribution in [1.82, 2.24) is 4.98 Å². The van der Waals surface area contributed by atoms with E-state index >= 15 is 0 Å². The van der Waals surface area contributed by atoms with E-state index in [9.17, 15) is 10.1 Å². The van der Waals surface area contributed by atoms with Gasteiger partial charge in [0, 0.05) is 23.5 Å². The zero-order chi connectivity index (χ0) is 19.6. The largest absolute Gasteiger partial charge is 0.356 e. The summed E-state index contributed by atoms with van der Waals surface area (Å²) in [4.78, 5) is 23.3. The van der Waals surface area contributed by atoms with Gasteiger partial charge in [0.25, 0.3) is 0 Å². The van der Waals surface area contributed by atoms with Crippen molar-refractivity contribution in [1.29, 1.82) is 5.26 Å². The second-order valence-corrected chi connectivity index (χ2v) is 6.61. The fourth-order valence-electron chi connectivity index (χ4n) is 3.20. The molecular weight excluding hydrogens is 336 g/mol. The number of hydrogen-bond acceptors (Lipinski definition) is 5. The monoisotopic (exact) mass is 358 g/mol. The Morgan fingerprint density at radius 2 is 2.00 bits per heavy atom. The number of ketones is 1. The number of nitriles is 1. The molecule has 0 amide bonds. The van der Waals surface area contributed by atoms with Crippen LogP contribution in [0.5, 0.6) is 0 Å². The number of fused-ring (bicyclic) bond motifs is 1. The SMILES string of the molecule is CCN(c1ccc(N=C2C=CC(=O)c3nc(C)ccc32)c(C)c1)C(C)C#N. The van der Waals surface area contributed by atoms with Crippen molar-refractivity contribution < 1.29 is 4.79 Å². The molecule has 1 heterocycles. The van der Waals surface area contributed by atoms with Crippen molar-refractivity contribution in [3.05, 3.63) is 65.0 Å². The second kappa shape index (κ2) is 7.55. The van der Waals surface area contributed by atoms with Crippen molar-refractivity contribution in [3.63, 3.8) is 0 Å². The molecule has 0 saturated carbocycles. The molecule has 3 rings (SSSR count). The first-order valence-electron chi connectivity index (χ1n) is 9.00. The number of carbonyl (C=O) groups is 1. The van der Waals surface area contributed by atoms with Gasteiger partial charge in [0.15, 0.2) is 0 Å². The van der Waals surface area contributed by atoms with Crippen LogP contribution in [-0.4, -0.2) is 29.1 Å². The van der Waals surface area contributed by atoms with Crippen LogP contribution in [0.4, 0.5) is 11.4 Å². The summed E-state index contributed by atoms with van der Waals surface area (Å²) in [5, 5.41) is 9.22. The molecule has 0 spiro atoms. The van der Waals surface area contributed by atoms with E-state index in [2.05, 4.69) is 11.1 Å². The average molecular weight is 358 g/mol. The van der Waals surface area contributed by atoms with Crippen LogP contribution in [0.1, 0.15) is 41.2 Å². The Bertz CT molecular complexity index is 998. The molecule has 1 unspecified atom stereocenters. The van der Waals surface area contributed by atoms with Crippen molar-refractivity contribution in [3.8, 4) is 6.07 Å². The molecule has 2 aromatic rings. The summed E-state index contributed by atoms with van der Waals surface area (Å²) >= 11 is 0. The number of allylic oxidation sites excluding steroid dienone is 2. The van der Waals surface area contributed by atoms with Gasteiger partial charge in [0.05, 0.1) is 17.5 Å². The van der Waals surface area contributed by atoms with E-state index in [0.29, 0.717) is 5.69 Å². The summed E-state index contributed by atoms with van der Waals surface area (Å²) in [7, 11) is 0. The molecule has 136 valence electrons. The van der Waals surface area contributed by atoms with Gasteiger partial charge < -0.3 is 4.90 Å². The molecule has 0 saturated heterocycles. The normalized spacial score (nSPS) is 15.4. The molecule has 1 aromatic heterocycles. The standard InChI is InChI=1S/C22H22N4O/c1-5-26(16(4)13-23)17-7-9-19(14(2)12-17)25-20-10-11-21(27)22-18(20)8-6-15(3)24-22/h6-12,16H,5H2,1-4H3. The minimum absolute atomic E-state index is 0.0937. The minimum atomic E-state index is -0.194. The summed E-state index contributed by atoms with van der Waals surface area (Å²) < 4.78 is 0. The number of carbonyl (C=O) groups excluding carboxylic acids is 1. The number of nitrogens with zero attached hydrogens (tertiary/aromatic N) is 4. The molecule has 5 heteroatoms. The minimum Gasteiger partial charge on any atom is -0.356 e. The van der Waals surface area contributed by atoms with Crippen molar-refractivity contribution in [2.75, 3.05) is 11.4 Å². The van der Waals surface area contributed by atoms with Gasteiger partial charge in [-0.1, -0.05) is 0 Å². The molecule has 1 atom stereocenters. The fourth-order valence-corrected chi connectivity index (χ4v) is 3.20. The highest BCUT2D eigenvalue weighted by Gasteiger charge is 2.19. The van der Waals surface area contributed by atoms with Crippen LogP contribution in [0.2, 0.25) is 0 Å². The highest BCUT2D eigenvalue weighted by Crippen LogP contribution is 2.28. The molecule has 0 aliphatic heterocycles. The number of anilines is 1. The summed E-state index contributed by atoms with van der Waals surface area (Å²) in [5.74, 6) is -0.0937. The molecule has 0 N–H and O–H groups in total. The number of pyridine rings is 1. The van der Waals surface area contributed by atoms with E-state index in [-0.39, 0.29) is 11.8 Å². The third-order valence-electron chi connectivity index (χ3n) is 4.68. The van der Waals surface area contributed by atoms with Crippen molar-refractivity contribution >= 4 is 22.9 Å². The van der Waals surface area contributed by atoms with Crippen LogP contribution < -0.4 is 4.90 Å². The number of aliphatic imine (C=N–C) groups is 1. The van der Waals surface area contributed by atoms with Gasteiger partial charge >= 0.3 is 0 Å². The van der Waals surface area contributed by atoms with Gasteiger partial charge in [-0.15, -0.1) is 0 Å². The number of benzene rings is 1. The lowest BCUT2D eigenvalue weighted by molar-refractivity contribution is 0.104. The van der Waals surface area contributed by atoms with Gasteiger partial charge in [-0.25, -0.2) is 9.98 Å². The van der Waals surface area contributed by atoms with E-state index in [1.54, 1.807) is 6.08 Å². The maximum atomic E-state index is 12.1. The van der Waals surface area contributed by atoms with Crippen molar-refractivity contribution in [2.24, 2.45) is 4.99 Å². The number of aromatic nitrogens is 1. The van der Waals surface area contributed by atoms with Crippen LogP contribution in [0.25, 0.3) is 0 Å². The Balaban J connectivity index is 2.00. The highest BCUT2D eigenvalue weighted by atomic mass is 16.1. The van der Waals surface area contributed by atoms with Gasteiger partial charge in [0.1, 0.15) is 11.7 Å². The number of hydrogen-bond donors (Lipinski definition) is 0. The molecule has 0 bridgehead atoms. The zero-order valence-electron chi connectivity index (χ0n) is 16.0. The first-order chi connectivity index (χ1) is 12.9. The average Bonchev–Trinajstić information content (AvgIpc) is 2.66. The van der Waals surface area contributed by atoms with Crippen LogP contribution in [0.15, 0.2) is 47.5 Å². The topological polar surface area (TPSA) is 69.3 Å². The predicted octanol–water partition coefficient (Wildman–Crippen LogP) is 4.31. The summed E-state index contributed by atoms with van der Waals surface area (Å²) in [6.45, 7) is 8.55. The van der Waals surface area contributed by atoms with E-state index < -0.39 is 0 Å². The fraction of sp³-hybridized carbons (Fsp3) is 0.273. The van der Waals surface area contributed by atoms with Gasteiger partial charge in [0.2, 0.25) is 5.78 Å². The van der Waals surface area contributed by atoms with E-state index in [1.165, 1.54) is 6.08 Å². The van der Waals surface area contributed by atoms with Crippen LogP contribution in [-0.2, 0) is 0 Å². The number of aryl methyl sites for hydroxylation is 2. The quantitative estimate of drug-likeness (QED) is 0.816. The Morgan fingerprint density at radius 3 is 2.67 bits per heavy atom. The first kappa shape index (κ1) is 18.5. The lowest BCUT2D eigenvalue weighted by Gasteiger charge is -2.26. The lowest BCUT2D eigenvalue weighted by atomic mass is 9.98. The van der Waals surface area contributed by atoms with E-state index in [4.69, 9.17) is 4.99 Å².